The average molecular weight is 322 g/mol. The Kier molecular flexibility index (Phi) is 3.44. The number of hydrogen-bond acceptors (Lipinski definition) is 5. The van der Waals surface area contributed by atoms with E-state index >= 15 is 0 Å². The van der Waals surface area contributed by atoms with Crippen molar-refractivity contribution in [1.29, 1.82) is 0 Å². The average Bonchev–Trinajstić information content (AvgIpc) is 2.97. The van der Waals surface area contributed by atoms with Gasteiger partial charge in [-0.2, -0.15) is 0 Å². The molecule has 4 nitrogen and oxygen atoms in total. The van der Waals surface area contributed by atoms with E-state index in [0.29, 0.717) is 10.9 Å². The maximum Gasteiger partial charge on any atom is 0.189 e. The molecule has 2 aromatic heterocycles. The van der Waals surface area contributed by atoms with Gasteiger partial charge in [-0.05, 0) is 18.2 Å². The van der Waals surface area contributed by atoms with Crippen molar-refractivity contribution in [2.24, 2.45) is 0 Å². The zero-order valence-corrected chi connectivity index (χ0v) is 12.7. The van der Waals surface area contributed by atoms with E-state index in [2.05, 4.69) is 20.3 Å². The fourth-order valence-corrected chi connectivity index (χ4v) is 3.15. The van der Waals surface area contributed by atoms with Crippen LogP contribution in [0.4, 0.5) is 15.3 Å². The zero-order chi connectivity index (χ0) is 15.6. The Morgan fingerprint density at radius 2 is 1.83 bits per heavy atom. The predicted octanol–water partition coefficient (Wildman–Crippen LogP) is 4.64. The van der Waals surface area contributed by atoms with Gasteiger partial charge in [-0.25, -0.2) is 19.3 Å². The molecule has 2 aromatic carbocycles. The minimum atomic E-state index is -0.263. The monoisotopic (exact) mass is 322 g/mol. The molecule has 4 aromatic rings. The van der Waals surface area contributed by atoms with Gasteiger partial charge in [0, 0.05) is 11.6 Å². The Balaban J connectivity index is 1.65. The molecule has 0 aliphatic heterocycles. The first kappa shape index (κ1) is 13.8. The number of rotatable bonds is 3. The van der Waals surface area contributed by atoms with Crippen molar-refractivity contribution in [3.8, 4) is 11.3 Å². The van der Waals surface area contributed by atoms with Gasteiger partial charge in [-0.15, -0.1) is 0 Å². The van der Waals surface area contributed by atoms with Gasteiger partial charge in [0.2, 0.25) is 0 Å². The van der Waals surface area contributed by atoms with Crippen molar-refractivity contribution in [2.45, 2.75) is 0 Å². The molecule has 112 valence electrons. The molecule has 0 bridgehead atoms. The number of aromatic nitrogens is 3. The van der Waals surface area contributed by atoms with Crippen molar-refractivity contribution >= 4 is 32.5 Å². The van der Waals surface area contributed by atoms with E-state index in [1.807, 2.05) is 36.4 Å². The summed E-state index contributed by atoms with van der Waals surface area (Å²) in [6.45, 7) is 0. The van der Waals surface area contributed by atoms with E-state index in [9.17, 15) is 4.39 Å². The molecule has 0 aliphatic rings. The topological polar surface area (TPSA) is 50.7 Å². The number of benzene rings is 2. The third kappa shape index (κ3) is 2.89. The molecule has 0 saturated carbocycles. The van der Waals surface area contributed by atoms with Gasteiger partial charge < -0.3 is 5.32 Å². The first-order valence-electron chi connectivity index (χ1n) is 6.98. The third-order valence-electron chi connectivity index (χ3n) is 3.32. The van der Waals surface area contributed by atoms with Crippen LogP contribution in [-0.4, -0.2) is 15.0 Å². The van der Waals surface area contributed by atoms with Crippen LogP contribution in [-0.2, 0) is 0 Å². The summed E-state index contributed by atoms with van der Waals surface area (Å²) in [5, 5.41) is 3.83. The van der Waals surface area contributed by atoms with Crippen LogP contribution >= 0.6 is 11.3 Å². The molecule has 6 heteroatoms. The van der Waals surface area contributed by atoms with Crippen LogP contribution in [0.15, 0.2) is 60.9 Å². The van der Waals surface area contributed by atoms with E-state index in [1.54, 1.807) is 6.07 Å². The van der Waals surface area contributed by atoms with E-state index in [1.165, 1.54) is 29.8 Å². The molecule has 23 heavy (non-hydrogen) atoms. The number of nitrogens with zero attached hydrogens (tertiary/aromatic N) is 3. The molecule has 0 atom stereocenters. The number of halogens is 1. The van der Waals surface area contributed by atoms with Gasteiger partial charge >= 0.3 is 0 Å². The zero-order valence-electron chi connectivity index (χ0n) is 11.9. The highest BCUT2D eigenvalue weighted by molar-refractivity contribution is 7.22. The third-order valence-corrected chi connectivity index (χ3v) is 4.26. The molecule has 0 radical (unpaired) electrons. The number of hydrogen-bond donors (Lipinski definition) is 1. The standard InChI is InChI=1S/C17H11FN4S/c18-12-6-7-13-15(8-12)23-17(21-13)22-16-9-14(19-10-20-16)11-4-2-1-3-5-11/h1-10H,(H,19,20,21,22). The first-order valence-corrected chi connectivity index (χ1v) is 7.80. The summed E-state index contributed by atoms with van der Waals surface area (Å²) in [6.07, 6.45) is 1.51. The smallest absolute Gasteiger partial charge is 0.189 e. The Morgan fingerprint density at radius 1 is 0.957 bits per heavy atom. The van der Waals surface area contributed by atoms with Crippen LogP contribution in [0.25, 0.3) is 21.5 Å². The lowest BCUT2D eigenvalue weighted by Gasteiger charge is -2.04. The van der Waals surface area contributed by atoms with Crippen LogP contribution in [0.3, 0.4) is 0 Å². The molecular weight excluding hydrogens is 311 g/mol. The SMILES string of the molecule is Fc1ccc2nc(Nc3cc(-c4ccccc4)ncn3)sc2c1. The Bertz CT molecular complexity index is 969. The molecular formula is C17H11FN4S. The summed E-state index contributed by atoms with van der Waals surface area (Å²) in [4.78, 5) is 12.9. The summed E-state index contributed by atoms with van der Waals surface area (Å²) in [5.74, 6) is 0.388. The number of fused-ring (bicyclic) bond motifs is 1. The quantitative estimate of drug-likeness (QED) is 0.597. The van der Waals surface area contributed by atoms with Crippen LogP contribution in [0.2, 0.25) is 0 Å². The number of anilines is 2. The highest BCUT2D eigenvalue weighted by atomic mass is 32.1. The second kappa shape index (κ2) is 5.73. The highest BCUT2D eigenvalue weighted by Gasteiger charge is 2.07. The van der Waals surface area contributed by atoms with E-state index in [4.69, 9.17) is 0 Å². The van der Waals surface area contributed by atoms with Gasteiger partial charge in [0.15, 0.2) is 5.13 Å². The summed E-state index contributed by atoms with van der Waals surface area (Å²) >= 11 is 1.39. The maximum absolute atomic E-state index is 13.3. The van der Waals surface area contributed by atoms with Gasteiger partial charge in [0.25, 0.3) is 0 Å². The fraction of sp³-hybridized carbons (Fsp3) is 0. The molecule has 0 fully saturated rings. The van der Waals surface area contributed by atoms with Crippen molar-refractivity contribution < 1.29 is 4.39 Å². The summed E-state index contributed by atoms with van der Waals surface area (Å²) < 4.78 is 14.0. The molecule has 0 amide bonds. The summed E-state index contributed by atoms with van der Waals surface area (Å²) in [6, 6.07) is 16.3. The van der Waals surface area contributed by atoms with Gasteiger partial charge in [-0.3, -0.25) is 0 Å². The Morgan fingerprint density at radius 3 is 2.70 bits per heavy atom. The van der Waals surface area contributed by atoms with Gasteiger partial charge in [0.05, 0.1) is 15.9 Å². The predicted molar refractivity (Wildman–Crippen MR) is 90.3 cm³/mol. The van der Waals surface area contributed by atoms with E-state index in [-0.39, 0.29) is 5.82 Å². The minimum Gasteiger partial charge on any atom is -0.316 e. The van der Waals surface area contributed by atoms with Crippen molar-refractivity contribution in [1.82, 2.24) is 15.0 Å². The van der Waals surface area contributed by atoms with Crippen LogP contribution in [0.5, 0.6) is 0 Å². The number of nitrogens with one attached hydrogen (secondary N) is 1. The summed E-state index contributed by atoms with van der Waals surface area (Å²) in [7, 11) is 0. The van der Waals surface area contributed by atoms with Gasteiger partial charge in [-0.1, -0.05) is 41.7 Å². The van der Waals surface area contributed by atoms with Crippen molar-refractivity contribution in [3.05, 3.63) is 66.7 Å². The van der Waals surface area contributed by atoms with Crippen LogP contribution < -0.4 is 5.32 Å². The second-order valence-corrected chi connectivity index (χ2v) is 5.94. The normalized spacial score (nSPS) is 10.8. The molecule has 0 aliphatic carbocycles. The second-order valence-electron chi connectivity index (χ2n) is 4.91. The largest absolute Gasteiger partial charge is 0.316 e. The minimum absolute atomic E-state index is 0.263. The highest BCUT2D eigenvalue weighted by Crippen LogP contribution is 2.29. The molecule has 0 unspecified atom stereocenters. The Labute approximate surface area is 135 Å². The molecule has 0 saturated heterocycles. The number of thiazole rings is 1. The van der Waals surface area contributed by atoms with Crippen molar-refractivity contribution in [2.75, 3.05) is 5.32 Å². The lowest BCUT2D eigenvalue weighted by molar-refractivity contribution is 0.630. The molecule has 2 heterocycles. The van der Waals surface area contributed by atoms with Crippen LogP contribution in [0.1, 0.15) is 0 Å². The van der Waals surface area contributed by atoms with Gasteiger partial charge in [0.1, 0.15) is 18.0 Å². The molecule has 1 N–H and O–H groups in total. The lowest BCUT2D eigenvalue weighted by atomic mass is 10.1. The Hall–Kier alpha value is -2.86. The van der Waals surface area contributed by atoms with E-state index < -0.39 is 0 Å². The molecule has 0 spiro atoms. The van der Waals surface area contributed by atoms with Crippen molar-refractivity contribution in [3.63, 3.8) is 0 Å². The van der Waals surface area contributed by atoms with E-state index in [0.717, 1.165) is 21.5 Å². The maximum atomic E-state index is 13.3. The lowest BCUT2D eigenvalue weighted by Crippen LogP contribution is -1.94. The van der Waals surface area contributed by atoms with Crippen LogP contribution in [0, 0.1) is 5.82 Å². The first-order chi connectivity index (χ1) is 11.3. The summed E-state index contributed by atoms with van der Waals surface area (Å²) in [5.41, 5.74) is 2.61. The fourth-order valence-electron chi connectivity index (χ4n) is 2.25. The molecule has 4 rings (SSSR count).